The number of nitrogens with one attached hydrogen (secondary N) is 1. The Hall–Kier alpha value is -3.28. The summed E-state index contributed by atoms with van der Waals surface area (Å²) in [6.45, 7) is 0.293. The zero-order valence-corrected chi connectivity index (χ0v) is 13.2. The smallest absolute Gasteiger partial charge is 0.259 e. The number of para-hydroxylation sites is 1. The summed E-state index contributed by atoms with van der Waals surface area (Å²) in [5.74, 6) is -1.30. The van der Waals surface area contributed by atoms with Gasteiger partial charge in [-0.15, -0.1) is 0 Å². The summed E-state index contributed by atoms with van der Waals surface area (Å²) in [4.78, 5) is 28.8. The first-order chi connectivity index (χ1) is 12.0. The van der Waals surface area contributed by atoms with E-state index in [9.17, 15) is 19.1 Å². The molecule has 0 saturated carbocycles. The predicted molar refractivity (Wildman–Crippen MR) is 91.1 cm³/mol. The van der Waals surface area contributed by atoms with Crippen LogP contribution < -0.4 is 5.32 Å². The van der Waals surface area contributed by atoms with Crippen LogP contribution in [0.4, 0.5) is 4.39 Å². The molecular weight excluding hydrogens is 323 g/mol. The summed E-state index contributed by atoms with van der Waals surface area (Å²) in [6.07, 6.45) is 1.69. The van der Waals surface area contributed by atoms with E-state index < -0.39 is 5.91 Å². The number of aliphatic imine (C=N–C) groups is 1. The second-order valence-electron chi connectivity index (χ2n) is 5.50. The molecule has 0 unspecified atom stereocenters. The molecule has 0 radical (unpaired) electrons. The molecule has 2 aromatic carbocycles. The number of phenolic OH excluding ortho intramolecular Hbond substituents is 1. The highest BCUT2D eigenvalue weighted by Gasteiger charge is 2.23. The minimum Gasteiger partial charge on any atom is -0.507 e. The van der Waals surface area contributed by atoms with Crippen molar-refractivity contribution in [3.05, 3.63) is 77.2 Å². The van der Waals surface area contributed by atoms with Gasteiger partial charge >= 0.3 is 0 Å². The molecule has 5 nitrogen and oxygen atoms in total. The van der Waals surface area contributed by atoms with Crippen LogP contribution >= 0.6 is 0 Å². The van der Waals surface area contributed by atoms with Crippen molar-refractivity contribution >= 4 is 17.4 Å². The quantitative estimate of drug-likeness (QED) is 0.879. The molecule has 0 spiro atoms. The number of hydrogen-bond donors (Lipinski definition) is 2. The van der Waals surface area contributed by atoms with Crippen molar-refractivity contribution in [2.45, 2.75) is 6.42 Å². The largest absolute Gasteiger partial charge is 0.507 e. The molecule has 2 aromatic rings. The number of allylic oxidation sites excluding steroid dienone is 1. The Labute approximate surface area is 143 Å². The summed E-state index contributed by atoms with van der Waals surface area (Å²) in [5, 5.41) is 12.4. The molecule has 126 valence electrons. The second kappa shape index (κ2) is 7.09. The Bertz CT molecular complexity index is 886. The number of Topliss-reactive ketones (excluding diaryl/α,β-unsaturated/α-hetero) is 1. The molecule has 2 N–H and O–H groups in total. The highest BCUT2D eigenvalue weighted by atomic mass is 19.1. The first-order valence-electron chi connectivity index (χ1n) is 7.66. The van der Waals surface area contributed by atoms with Crippen LogP contribution in [0.25, 0.3) is 0 Å². The Morgan fingerprint density at radius 2 is 1.84 bits per heavy atom. The fourth-order valence-corrected chi connectivity index (χ4v) is 2.49. The van der Waals surface area contributed by atoms with Gasteiger partial charge in [-0.05, 0) is 35.9 Å². The lowest BCUT2D eigenvalue weighted by atomic mass is 10.0. The minimum atomic E-state index is -0.520. The van der Waals surface area contributed by atoms with Crippen LogP contribution in [0.5, 0.6) is 5.75 Å². The highest BCUT2D eigenvalue weighted by molar-refractivity contribution is 6.47. The van der Waals surface area contributed by atoms with Crippen LogP contribution in [0, 0.1) is 5.82 Å². The van der Waals surface area contributed by atoms with Crippen molar-refractivity contribution in [1.29, 1.82) is 0 Å². The Morgan fingerprint density at radius 3 is 2.56 bits per heavy atom. The van der Waals surface area contributed by atoms with Crippen molar-refractivity contribution in [2.24, 2.45) is 4.99 Å². The third-order valence-electron chi connectivity index (χ3n) is 3.74. The average molecular weight is 338 g/mol. The number of benzene rings is 2. The summed E-state index contributed by atoms with van der Waals surface area (Å²) in [6, 6.07) is 11.8. The Balaban J connectivity index is 1.70. The zero-order chi connectivity index (χ0) is 17.8. The molecule has 0 aliphatic carbocycles. The Kier molecular flexibility index (Phi) is 4.70. The van der Waals surface area contributed by atoms with E-state index in [2.05, 4.69) is 10.3 Å². The first kappa shape index (κ1) is 16.6. The lowest BCUT2D eigenvalue weighted by Gasteiger charge is -2.10. The summed E-state index contributed by atoms with van der Waals surface area (Å²) < 4.78 is 12.9. The number of phenols is 1. The Morgan fingerprint density at radius 1 is 1.12 bits per heavy atom. The van der Waals surface area contributed by atoms with Crippen molar-refractivity contribution < 1.29 is 19.1 Å². The molecule has 0 atom stereocenters. The van der Waals surface area contributed by atoms with Crippen molar-refractivity contribution in [1.82, 2.24) is 5.32 Å². The van der Waals surface area contributed by atoms with E-state index in [0.717, 1.165) is 0 Å². The third kappa shape index (κ3) is 3.80. The summed E-state index contributed by atoms with van der Waals surface area (Å²) in [7, 11) is 0. The van der Waals surface area contributed by atoms with E-state index in [4.69, 9.17) is 0 Å². The van der Waals surface area contributed by atoms with Gasteiger partial charge in [0.2, 0.25) is 0 Å². The van der Waals surface area contributed by atoms with Crippen LogP contribution in [0.1, 0.15) is 15.9 Å². The topological polar surface area (TPSA) is 78.8 Å². The van der Waals surface area contributed by atoms with Gasteiger partial charge in [0.25, 0.3) is 5.91 Å². The predicted octanol–water partition coefficient (Wildman–Crippen LogP) is 2.41. The van der Waals surface area contributed by atoms with Gasteiger partial charge in [-0.2, -0.15) is 0 Å². The number of rotatable bonds is 5. The number of carbonyl (C=O) groups excluding carboxylic acids is 2. The zero-order valence-electron chi connectivity index (χ0n) is 13.2. The number of halogens is 1. The number of hydrogen-bond acceptors (Lipinski definition) is 4. The van der Waals surface area contributed by atoms with E-state index in [1.54, 1.807) is 18.2 Å². The monoisotopic (exact) mass is 338 g/mol. The van der Waals surface area contributed by atoms with Crippen LogP contribution in [0.15, 0.2) is 65.3 Å². The molecule has 1 amide bonds. The molecule has 1 heterocycles. The lowest BCUT2D eigenvalue weighted by molar-refractivity contribution is -0.112. The van der Waals surface area contributed by atoms with Gasteiger partial charge in [-0.25, -0.2) is 4.39 Å². The molecule has 0 fully saturated rings. The maximum atomic E-state index is 12.9. The van der Waals surface area contributed by atoms with Gasteiger partial charge in [0.1, 0.15) is 17.3 Å². The fourth-order valence-electron chi connectivity index (χ4n) is 2.49. The van der Waals surface area contributed by atoms with E-state index in [-0.39, 0.29) is 35.0 Å². The normalized spacial score (nSPS) is 13.2. The lowest BCUT2D eigenvalue weighted by Crippen LogP contribution is -2.30. The van der Waals surface area contributed by atoms with Crippen LogP contribution in [-0.4, -0.2) is 29.1 Å². The maximum Gasteiger partial charge on any atom is 0.259 e. The third-order valence-corrected chi connectivity index (χ3v) is 3.74. The van der Waals surface area contributed by atoms with Crippen molar-refractivity contribution in [2.75, 3.05) is 6.54 Å². The number of aromatic hydroxyl groups is 1. The minimum absolute atomic E-state index is 0.0584. The highest BCUT2D eigenvalue weighted by Crippen LogP contribution is 2.17. The molecule has 0 saturated heterocycles. The molecule has 25 heavy (non-hydrogen) atoms. The summed E-state index contributed by atoms with van der Waals surface area (Å²) in [5.41, 5.74) is 1.27. The first-order valence-corrected chi connectivity index (χ1v) is 7.66. The molecule has 0 bridgehead atoms. The summed E-state index contributed by atoms with van der Waals surface area (Å²) >= 11 is 0. The molecule has 0 aromatic heterocycles. The number of carbonyl (C=O) groups is 2. The van der Waals surface area contributed by atoms with Gasteiger partial charge in [0.05, 0.1) is 17.8 Å². The average Bonchev–Trinajstić information content (AvgIpc) is 3.05. The van der Waals surface area contributed by atoms with Crippen LogP contribution in [-0.2, 0) is 11.2 Å². The SMILES string of the molecule is O=C(Cc1ccc(F)cc1)C1=NCC=C1NC(=O)c1ccccc1O. The van der Waals surface area contributed by atoms with E-state index in [0.29, 0.717) is 17.8 Å². The van der Waals surface area contributed by atoms with Gasteiger partial charge in [0, 0.05) is 6.42 Å². The fraction of sp³-hybridized carbons (Fsp3) is 0.105. The van der Waals surface area contributed by atoms with Crippen LogP contribution in [0.3, 0.4) is 0 Å². The molecular formula is C19H15FN2O3. The number of amides is 1. The number of ketones is 1. The van der Waals surface area contributed by atoms with Crippen molar-refractivity contribution in [3.8, 4) is 5.75 Å². The van der Waals surface area contributed by atoms with Crippen LogP contribution in [0.2, 0.25) is 0 Å². The number of nitrogens with zero attached hydrogens (tertiary/aromatic N) is 1. The second-order valence-corrected chi connectivity index (χ2v) is 5.50. The van der Waals surface area contributed by atoms with Gasteiger partial charge in [-0.3, -0.25) is 14.6 Å². The molecule has 1 aliphatic rings. The van der Waals surface area contributed by atoms with Gasteiger partial charge < -0.3 is 10.4 Å². The standard InChI is InChI=1S/C19H15FN2O3/c20-13-7-5-12(6-8-13)11-17(24)18-15(9-10-21-18)22-19(25)14-3-1-2-4-16(14)23/h1-9,23H,10-11H2,(H,22,25). The van der Waals surface area contributed by atoms with E-state index in [1.807, 2.05) is 0 Å². The van der Waals surface area contributed by atoms with E-state index >= 15 is 0 Å². The van der Waals surface area contributed by atoms with Gasteiger partial charge in [0.15, 0.2) is 5.78 Å². The van der Waals surface area contributed by atoms with E-state index in [1.165, 1.54) is 36.4 Å². The van der Waals surface area contributed by atoms with Crippen molar-refractivity contribution in [3.63, 3.8) is 0 Å². The molecule has 6 heteroatoms. The van der Waals surface area contributed by atoms with Gasteiger partial charge in [-0.1, -0.05) is 24.3 Å². The maximum absolute atomic E-state index is 12.9. The molecule has 1 aliphatic heterocycles. The molecule has 3 rings (SSSR count).